The lowest BCUT2D eigenvalue weighted by atomic mass is 9.87. The number of rotatable bonds is 7. The van der Waals surface area contributed by atoms with Gasteiger partial charge in [0.05, 0.1) is 19.0 Å². The summed E-state index contributed by atoms with van der Waals surface area (Å²) in [7, 11) is 1.64. The largest absolute Gasteiger partial charge is 0.494 e. The first-order chi connectivity index (χ1) is 15.1. The van der Waals surface area contributed by atoms with Crippen LogP contribution in [0.4, 0.5) is 16.0 Å². The quantitative estimate of drug-likeness (QED) is 0.499. The van der Waals surface area contributed by atoms with Crippen LogP contribution in [0, 0.1) is 11.7 Å². The Hall–Kier alpha value is -3.15. The molecule has 0 unspecified atom stereocenters. The van der Waals surface area contributed by atoms with Crippen LogP contribution in [0.2, 0.25) is 0 Å². The molecule has 0 saturated heterocycles. The maximum absolute atomic E-state index is 13.4. The van der Waals surface area contributed by atoms with E-state index in [1.807, 2.05) is 30.3 Å². The van der Waals surface area contributed by atoms with E-state index in [9.17, 15) is 4.39 Å². The van der Waals surface area contributed by atoms with Crippen LogP contribution in [0.1, 0.15) is 38.2 Å². The van der Waals surface area contributed by atoms with E-state index in [-0.39, 0.29) is 5.82 Å². The summed E-state index contributed by atoms with van der Waals surface area (Å²) in [6.45, 7) is 2.82. The molecule has 1 saturated carbocycles. The van der Waals surface area contributed by atoms with Crippen LogP contribution in [0.15, 0.2) is 54.7 Å². The van der Waals surface area contributed by atoms with Gasteiger partial charge in [0.1, 0.15) is 23.2 Å². The average Bonchev–Trinajstić information content (AvgIpc) is 2.79. The van der Waals surface area contributed by atoms with Gasteiger partial charge in [0, 0.05) is 18.2 Å². The highest BCUT2D eigenvalue weighted by Crippen LogP contribution is 2.32. The van der Waals surface area contributed by atoms with Crippen molar-refractivity contribution in [2.24, 2.45) is 5.92 Å². The van der Waals surface area contributed by atoms with Crippen molar-refractivity contribution in [3.05, 3.63) is 66.1 Å². The number of methoxy groups -OCH3 is 1. The Morgan fingerprint density at radius 3 is 2.61 bits per heavy atom. The van der Waals surface area contributed by atoms with E-state index in [2.05, 4.69) is 22.5 Å². The topological polar surface area (TPSA) is 59.1 Å². The summed E-state index contributed by atoms with van der Waals surface area (Å²) in [5.41, 5.74) is 2.55. The molecule has 162 valence electrons. The molecule has 1 fully saturated rings. The van der Waals surface area contributed by atoms with E-state index < -0.39 is 0 Å². The maximum atomic E-state index is 13.4. The van der Waals surface area contributed by atoms with Crippen LogP contribution in [-0.4, -0.2) is 23.1 Å². The molecular weight excluding hydrogens is 391 g/mol. The Balaban J connectivity index is 1.51. The van der Waals surface area contributed by atoms with Gasteiger partial charge >= 0.3 is 0 Å². The minimum Gasteiger partial charge on any atom is -0.494 e. The van der Waals surface area contributed by atoms with E-state index in [1.54, 1.807) is 19.4 Å². The lowest BCUT2D eigenvalue weighted by molar-refractivity contribution is 0.360. The molecule has 1 aliphatic rings. The Kier molecular flexibility index (Phi) is 6.65. The smallest absolute Gasteiger partial charge is 0.146 e. The summed E-state index contributed by atoms with van der Waals surface area (Å²) in [5, 5.41) is 6.85. The van der Waals surface area contributed by atoms with Crippen molar-refractivity contribution in [1.29, 1.82) is 0 Å². The molecule has 0 amide bonds. The third kappa shape index (κ3) is 5.51. The zero-order valence-corrected chi connectivity index (χ0v) is 18.1. The molecular formula is C25H29FN4O. The second-order valence-electron chi connectivity index (χ2n) is 8.26. The van der Waals surface area contributed by atoms with Crippen molar-refractivity contribution in [3.63, 3.8) is 0 Å². The molecule has 2 N–H and O–H groups in total. The number of benzene rings is 1. The van der Waals surface area contributed by atoms with Crippen LogP contribution >= 0.6 is 0 Å². The van der Waals surface area contributed by atoms with Crippen LogP contribution in [0.25, 0.3) is 11.3 Å². The van der Waals surface area contributed by atoms with E-state index in [1.165, 1.54) is 37.8 Å². The number of hydrogen-bond donors (Lipinski definition) is 2. The molecule has 6 heteroatoms. The Morgan fingerprint density at radius 2 is 1.84 bits per heavy atom. The van der Waals surface area contributed by atoms with Gasteiger partial charge in [0.15, 0.2) is 0 Å². The van der Waals surface area contributed by atoms with Crippen LogP contribution < -0.4 is 15.4 Å². The number of nitrogens with one attached hydrogen (secondary N) is 2. The minimum absolute atomic E-state index is 0.241. The van der Waals surface area contributed by atoms with Gasteiger partial charge in [-0.3, -0.25) is 0 Å². The second kappa shape index (κ2) is 9.77. The molecule has 4 rings (SSSR count). The maximum Gasteiger partial charge on any atom is 0.146 e. The SMILES string of the molecule is COc1cnc(NC2CCC(C)CC2)cc1-c1cccc(NCc2cccc(F)c2)n1. The van der Waals surface area contributed by atoms with E-state index >= 15 is 0 Å². The first-order valence-electron chi connectivity index (χ1n) is 10.9. The molecule has 0 bridgehead atoms. The van der Waals surface area contributed by atoms with E-state index in [0.29, 0.717) is 18.3 Å². The second-order valence-corrected chi connectivity index (χ2v) is 8.26. The summed E-state index contributed by atoms with van der Waals surface area (Å²) < 4.78 is 19.0. The van der Waals surface area contributed by atoms with Crippen LogP contribution in [-0.2, 0) is 6.54 Å². The molecule has 31 heavy (non-hydrogen) atoms. The number of aromatic nitrogens is 2. The summed E-state index contributed by atoms with van der Waals surface area (Å²) in [6.07, 6.45) is 6.59. The molecule has 0 atom stereocenters. The van der Waals surface area contributed by atoms with Crippen molar-refractivity contribution in [2.75, 3.05) is 17.7 Å². The normalized spacial score (nSPS) is 18.4. The molecule has 0 spiro atoms. The van der Waals surface area contributed by atoms with Gasteiger partial charge in [0.25, 0.3) is 0 Å². The van der Waals surface area contributed by atoms with E-state index in [0.717, 1.165) is 34.4 Å². The third-order valence-electron chi connectivity index (χ3n) is 5.84. The number of nitrogens with zero attached hydrogens (tertiary/aromatic N) is 2. The number of pyridine rings is 2. The highest BCUT2D eigenvalue weighted by atomic mass is 19.1. The van der Waals surface area contributed by atoms with Crippen LogP contribution in [0.5, 0.6) is 5.75 Å². The van der Waals surface area contributed by atoms with Crippen molar-refractivity contribution in [3.8, 4) is 17.0 Å². The lowest BCUT2D eigenvalue weighted by Crippen LogP contribution is -2.25. The summed E-state index contributed by atoms with van der Waals surface area (Å²) in [5.74, 6) is 2.81. The molecule has 1 aliphatic carbocycles. The number of anilines is 2. The van der Waals surface area contributed by atoms with Gasteiger partial charge < -0.3 is 15.4 Å². The molecule has 1 aromatic carbocycles. The first kappa shape index (κ1) is 21.1. The van der Waals surface area contributed by atoms with Crippen LogP contribution in [0.3, 0.4) is 0 Å². The van der Waals surface area contributed by atoms with Gasteiger partial charge in [-0.25, -0.2) is 14.4 Å². The number of halogens is 1. The fourth-order valence-corrected chi connectivity index (χ4v) is 4.02. The van der Waals surface area contributed by atoms with Crippen molar-refractivity contribution >= 4 is 11.6 Å². The highest BCUT2D eigenvalue weighted by molar-refractivity contribution is 5.71. The van der Waals surface area contributed by atoms with Gasteiger partial charge in [-0.1, -0.05) is 25.1 Å². The predicted molar refractivity (Wildman–Crippen MR) is 123 cm³/mol. The van der Waals surface area contributed by atoms with Crippen molar-refractivity contribution in [1.82, 2.24) is 9.97 Å². The summed E-state index contributed by atoms with van der Waals surface area (Å²) in [4.78, 5) is 9.29. The minimum atomic E-state index is -0.241. The van der Waals surface area contributed by atoms with Crippen molar-refractivity contribution < 1.29 is 9.13 Å². The highest BCUT2D eigenvalue weighted by Gasteiger charge is 2.19. The monoisotopic (exact) mass is 420 g/mol. The standard InChI is InChI=1S/C25H29FN4O/c1-17-9-11-20(12-10-17)29-25-14-21(23(31-2)16-28-25)22-7-4-8-24(30-22)27-15-18-5-3-6-19(26)13-18/h3-8,13-14,16-17,20H,9-12,15H2,1-2H3,(H,27,30)(H,28,29). The van der Waals surface area contributed by atoms with Gasteiger partial charge in [-0.2, -0.15) is 0 Å². The Labute approximate surface area is 183 Å². The van der Waals surface area contributed by atoms with Gasteiger partial charge in [0.2, 0.25) is 0 Å². The molecule has 0 aliphatic heterocycles. The molecule has 2 aromatic heterocycles. The zero-order chi connectivity index (χ0) is 21.6. The summed E-state index contributed by atoms with van der Waals surface area (Å²) >= 11 is 0. The predicted octanol–water partition coefficient (Wildman–Crippen LogP) is 5.89. The Bertz CT molecular complexity index is 1020. The molecule has 3 aromatic rings. The fourth-order valence-electron chi connectivity index (χ4n) is 4.02. The fraction of sp³-hybridized carbons (Fsp3) is 0.360. The van der Waals surface area contributed by atoms with Gasteiger partial charge in [-0.15, -0.1) is 0 Å². The van der Waals surface area contributed by atoms with Gasteiger partial charge in [-0.05, 0) is 67.5 Å². The number of hydrogen-bond acceptors (Lipinski definition) is 5. The van der Waals surface area contributed by atoms with Crippen molar-refractivity contribution in [2.45, 2.75) is 45.2 Å². The average molecular weight is 421 g/mol. The first-order valence-corrected chi connectivity index (χ1v) is 10.9. The summed E-state index contributed by atoms with van der Waals surface area (Å²) in [6, 6.07) is 14.8. The lowest BCUT2D eigenvalue weighted by Gasteiger charge is -2.27. The molecule has 2 heterocycles. The van der Waals surface area contributed by atoms with E-state index in [4.69, 9.17) is 9.72 Å². The number of ether oxygens (including phenoxy) is 1. The Morgan fingerprint density at radius 1 is 1.03 bits per heavy atom. The zero-order valence-electron chi connectivity index (χ0n) is 18.1. The third-order valence-corrected chi connectivity index (χ3v) is 5.84. The molecule has 0 radical (unpaired) electrons. The molecule has 5 nitrogen and oxygen atoms in total.